The molecule has 20 nitrogen and oxygen atoms in total. The Bertz CT molecular complexity index is 3350. The Morgan fingerprint density at radius 1 is 0.561 bits per heavy atom. The molecule has 4 aromatic rings. The van der Waals surface area contributed by atoms with Gasteiger partial charge in [-0.05, 0) is 122 Å². The van der Waals surface area contributed by atoms with Crippen LogP contribution in [0.5, 0.6) is 0 Å². The number of aliphatic hydroxyl groups excluding tert-OH is 2. The Hall–Kier alpha value is -5.90. The van der Waals surface area contributed by atoms with Crippen LogP contribution in [-0.2, 0) is 54.8 Å². The summed E-state index contributed by atoms with van der Waals surface area (Å²) in [4.78, 5) is 106. The predicted octanol–water partition coefficient (Wildman–Crippen LogP) is 4.07. The van der Waals surface area contributed by atoms with E-state index in [0.717, 1.165) is 20.3 Å². The van der Waals surface area contributed by atoms with Gasteiger partial charge in [0.15, 0.2) is 11.6 Å². The molecule has 6 fully saturated rings. The molecule has 2 aliphatic heterocycles. The van der Waals surface area contributed by atoms with Gasteiger partial charge in [-0.1, -0.05) is 90.1 Å². The molecule has 2 aromatic heterocycles. The maximum atomic E-state index is 13.7. The number of rotatable bonds is 8. The van der Waals surface area contributed by atoms with E-state index in [1.54, 1.807) is 62.4 Å². The zero-order valence-electron chi connectivity index (χ0n) is 46.9. The van der Waals surface area contributed by atoms with Crippen LogP contribution in [0.2, 0.25) is 0 Å². The first-order chi connectivity index (χ1) is 38.8. The second kappa shape index (κ2) is 20.4. The number of carbonyl (C=O) groups is 4. The number of ether oxygens (including phenoxy) is 2. The van der Waals surface area contributed by atoms with E-state index >= 15 is 0 Å². The quantitative estimate of drug-likeness (QED) is 0.110. The first-order valence-corrected chi connectivity index (χ1v) is 29.7. The highest BCUT2D eigenvalue weighted by atomic mass is 35.5. The van der Waals surface area contributed by atoms with Crippen molar-refractivity contribution in [2.24, 2.45) is 57.2 Å². The molecular weight excluding hydrogens is 1100 g/mol. The maximum absolute atomic E-state index is 13.7. The van der Waals surface area contributed by atoms with Gasteiger partial charge in [0.05, 0.1) is 37.6 Å². The summed E-state index contributed by atoms with van der Waals surface area (Å²) in [5.41, 5.74) is -7.21. The van der Waals surface area contributed by atoms with Crippen LogP contribution in [0, 0.1) is 57.2 Å². The molecule has 4 N–H and O–H groups in total. The number of aromatic nitrogens is 6. The molecule has 0 spiro atoms. The summed E-state index contributed by atoms with van der Waals surface area (Å²) in [6.07, 6.45) is 2.73. The topological polar surface area (TPSA) is 266 Å². The molecule has 4 heterocycles. The van der Waals surface area contributed by atoms with E-state index in [2.05, 4.69) is 0 Å². The molecule has 16 atom stereocenters. The molecule has 0 saturated heterocycles. The van der Waals surface area contributed by atoms with Gasteiger partial charge < -0.3 is 29.9 Å². The van der Waals surface area contributed by atoms with Crippen molar-refractivity contribution in [2.75, 3.05) is 11.8 Å². The van der Waals surface area contributed by atoms with E-state index in [9.17, 15) is 58.8 Å². The van der Waals surface area contributed by atoms with Crippen molar-refractivity contribution < 1.29 is 49.1 Å². The number of alkyl halides is 2. The van der Waals surface area contributed by atoms with Gasteiger partial charge in [-0.25, -0.2) is 47.0 Å². The smallest absolute Gasteiger partial charge is 0.352 e. The number of benzene rings is 2. The second-order valence-electron chi connectivity index (χ2n) is 25.1. The zero-order chi connectivity index (χ0) is 59.0. The lowest BCUT2D eigenvalue weighted by atomic mass is 9.46. The number of Topliss-reactive ketones (excluding diaryl/α,β-unsaturated/α-hetero) is 2. The highest BCUT2D eigenvalue weighted by molar-refractivity contribution is 6.26. The van der Waals surface area contributed by atoms with Crippen LogP contribution >= 0.6 is 23.2 Å². The molecule has 440 valence electrons. The van der Waals surface area contributed by atoms with Gasteiger partial charge in [0.1, 0.15) is 47.4 Å². The van der Waals surface area contributed by atoms with E-state index in [0.29, 0.717) is 49.9 Å². The summed E-state index contributed by atoms with van der Waals surface area (Å²) >= 11 is 11.7. The van der Waals surface area contributed by atoms with Gasteiger partial charge in [0.25, 0.3) is 0 Å². The number of esters is 2. The minimum atomic E-state index is -1.92. The van der Waals surface area contributed by atoms with Crippen molar-refractivity contribution in [1.29, 1.82) is 0 Å². The maximum Gasteiger partial charge on any atom is 0.352 e. The normalized spacial score (nSPS) is 38.0. The van der Waals surface area contributed by atoms with Crippen LogP contribution in [-0.4, -0.2) is 119 Å². The van der Waals surface area contributed by atoms with Crippen LogP contribution in [0.4, 0.5) is 0 Å². The molecule has 0 unspecified atom stereocenters. The summed E-state index contributed by atoms with van der Waals surface area (Å²) in [5.74, 6) is -4.90. The van der Waals surface area contributed by atoms with Crippen molar-refractivity contribution >= 4 is 46.7 Å². The lowest BCUT2D eigenvalue weighted by Gasteiger charge is -2.60. The number of hydrogen-bond acceptors (Lipinski definition) is 14. The number of allylic oxidation sites excluding steroid dienone is 4. The third-order valence-corrected chi connectivity index (χ3v) is 22.9. The van der Waals surface area contributed by atoms with Crippen LogP contribution in [0.15, 0.2) is 103 Å². The monoisotopic (exact) mass is 1170 g/mol. The fourth-order valence-corrected chi connectivity index (χ4v) is 17.8. The Kier molecular flexibility index (Phi) is 14.4. The highest BCUT2D eigenvalue weighted by Gasteiger charge is 2.80. The zero-order valence-corrected chi connectivity index (χ0v) is 48.4. The standard InChI is InChI=1S/2C30H36ClN3O7/c2*1-17-9-11-29-14-22(35)25(37)30(29,40)28(17,3)23(41-24(36)15-31)13-21(18(29)2)19-10-12-32-26(38)34(27(39)33(32)16-19)20-7-5-4-6-8-20/h2*4-8,10,17-18,21-23,35,40H,9,11-16H2,1-3H3/t2*17-,18+,21-,22+,23-,28+,29+,30-/m11/s1. The molecule has 6 aliphatic carbocycles. The molecule has 82 heavy (non-hydrogen) atoms. The predicted molar refractivity (Wildman–Crippen MR) is 300 cm³/mol. The van der Waals surface area contributed by atoms with Gasteiger partial charge in [0, 0.05) is 21.7 Å². The van der Waals surface area contributed by atoms with Gasteiger partial charge in [-0.15, -0.1) is 23.2 Å². The highest BCUT2D eigenvalue weighted by Crippen LogP contribution is 2.72. The van der Waals surface area contributed by atoms with E-state index in [1.165, 1.54) is 18.7 Å². The average molecular weight is 1170 g/mol. The average Bonchev–Trinajstić information content (AvgIpc) is 3.91. The van der Waals surface area contributed by atoms with Crippen LogP contribution in [0.3, 0.4) is 0 Å². The lowest BCUT2D eigenvalue weighted by Crippen LogP contribution is -2.69. The van der Waals surface area contributed by atoms with E-state index in [1.807, 2.05) is 52.0 Å². The van der Waals surface area contributed by atoms with E-state index in [-0.39, 0.29) is 86.3 Å². The Morgan fingerprint density at radius 2 is 0.902 bits per heavy atom. The SMILES string of the molecule is C[C@@H]1CC[C@@]23C[C@H](O)C(=O)[C@@]2(O)[C@]1(C)[C@H](OC(=O)CCl)C[C@@H](C1=CCn2c(=O)n(-c4ccccc4)c(=O)n2C1)[C@@H]3C.C[C@@H]1CC[C@@]23C[C@H](O)C(=O)[C@@]2(O)[C@]1(C)[C@H](OC(=O)CCl)C[C@@H](C1=CCn2c(=O)n(-c4ccccc4)c(=O)n2C1)[C@@H]3C. The third-order valence-electron chi connectivity index (χ3n) is 22.4. The molecule has 12 rings (SSSR count). The van der Waals surface area contributed by atoms with Crippen molar-refractivity contribution in [2.45, 2.75) is 155 Å². The number of fused-ring (bicyclic) bond motifs is 2. The Labute approximate surface area is 482 Å². The number of nitrogens with zero attached hydrogens (tertiary/aromatic N) is 6. The molecule has 0 radical (unpaired) electrons. The molecule has 8 aliphatic rings. The van der Waals surface area contributed by atoms with Gasteiger partial charge in [0.2, 0.25) is 0 Å². The summed E-state index contributed by atoms with van der Waals surface area (Å²) in [5, 5.41) is 47.0. The Morgan fingerprint density at radius 3 is 1.24 bits per heavy atom. The van der Waals surface area contributed by atoms with Gasteiger partial charge in [-0.3, -0.25) is 19.2 Å². The third kappa shape index (κ3) is 7.75. The molecule has 2 aromatic carbocycles. The summed E-state index contributed by atoms with van der Waals surface area (Å²) < 4.78 is 19.9. The molecule has 6 saturated carbocycles. The minimum Gasteiger partial charge on any atom is -0.461 e. The number of carbonyl (C=O) groups excluding carboxylic acids is 4. The van der Waals surface area contributed by atoms with Gasteiger partial charge >= 0.3 is 34.7 Å². The van der Waals surface area contributed by atoms with Crippen molar-refractivity contribution in [1.82, 2.24) is 27.9 Å². The van der Waals surface area contributed by atoms with Crippen LogP contribution in [0.25, 0.3) is 11.4 Å². The summed E-state index contributed by atoms with van der Waals surface area (Å²) in [7, 11) is 0. The lowest BCUT2D eigenvalue weighted by molar-refractivity contribution is -0.234. The molecule has 22 heteroatoms. The van der Waals surface area contributed by atoms with E-state index in [4.69, 9.17) is 32.7 Å². The Balaban J connectivity index is 0.000000172. The first kappa shape index (κ1) is 57.9. The molecular formula is C60H72Cl2N6O14. The summed E-state index contributed by atoms with van der Waals surface area (Å²) in [6.45, 7) is 12.1. The van der Waals surface area contributed by atoms with E-state index < -0.39 is 104 Å². The number of halogens is 2. The van der Waals surface area contributed by atoms with Crippen molar-refractivity contribution in [3.8, 4) is 11.4 Å². The fraction of sp³-hybridized carbons (Fsp3) is 0.600. The second-order valence-corrected chi connectivity index (χ2v) is 25.7. The summed E-state index contributed by atoms with van der Waals surface area (Å²) in [6, 6.07) is 17.5. The number of ketones is 2. The number of hydrogen-bond donors (Lipinski definition) is 4. The van der Waals surface area contributed by atoms with Crippen LogP contribution < -0.4 is 22.8 Å². The minimum absolute atomic E-state index is 0.112. The largest absolute Gasteiger partial charge is 0.461 e. The fourth-order valence-electron chi connectivity index (χ4n) is 17.7. The number of aliphatic hydroxyl groups is 4. The first-order valence-electron chi connectivity index (χ1n) is 28.6. The van der Waals surface area contributed by atoms with Crippen LogP contribution in [0.1, 0.15) is 92.9 Å². The van der Waals surface area contributed by atoms with Crippen molar-refractivity contribution in [3.63, 3.8) is 0 Å². The van der Waals surface area contributed by atoms with Crippen molar-refractivity contribution in [3.05, 3.63) is 126 Å². The molecule has 4 bridgehead atoms. The van der Waals surface area contributed by atoms with Gasteiger partial charge in [-0.2, -0.15) is 0 Å². The number of para-hydroxylation sites is 2. The molecule has 0 amide bonds.